The van der Waals surface area contributed by atoms with Crippen molar-refractivity contribution in [2.24, 2.45) is 0 Å². The number of benzene rings is 1. The Kier molecular flexibility index (Phi) is 4.20. The molecule has 1 aliphatic rings. The highest BCUT2D eigenvalue weighted by Gasteiger charge is 2.35. The van der Waals surface area contributed by atoms with Crippen molar-refractivity contribution in [3.63, 3.8) is 0 Å². The quantitative estimate of drug-likeness (QED) is 0.619. The number of hydrogen-bond donors (Lipinski definition) is 0. The summed E-state index contributed by atoms with van der Waals surface area (Å²) < 4.78 is 13.2. The minimum Gasteiger partial charge on any atom is -0.548 e. The Labute approximate surface area is 124 Å². The molecule has 1 aliphatic heterocycles. The molecule has 4 nitrogen and oxygen atoms in total. The molecule has 0 spiro atoms. The van der Waals surface area contributed by atoms with Gasteiger partial charge in [0.05, 0.1) is 16.9 Å². The van der Waals surface area contributed by atoms with Crippen molar-refractivity contribution >= 4 is 46.3 Å². The summed E-state index contributed by atoms with van der Waals surface area (Å²) in [6, 6.07) is 4.58. The fourth-order valence-electron chi connectivity index (χ4n) is 1.67. The second-order valence-corrected chi connectivity index (χ2v) is 5.78. The van der Waals surface area contributed by atoms with Gasteiger partial charge in [-0.25, -0.2) is 4.39 Å². The van der Waals surface area contributed by atoms with Crippen molar-refractivity contribution < 1.29 is 19.1 Å². The zero-order valence-electron chi connectivity index (χ0n) is 10.3. The lowest BCUT2D eigenvalue weighted by Gasteiger charge is -2.23. The average Bonchev–Trinajstić information content (AvgIpc) is 2.63. The average molecular weight is 310 g/mol. The maximum atomic E-state index is 13.1. The highest BCUT2D eigenvalue weighted by molar-refractivity contribution is 8.26. The van der Waals surface area contributed by atoms with Gasteiger partial charge < -0.3 is 9.90 Å². The molecule has 1 aromatic rings. The van der Waals surface area contributed by atoms with Crippen LogP contribution in [0.1, 0.15) is 12.5 Å². The Morgan fingerprint density at radius 3 is 2.85 bits per heavy atom. The Morgan fingerprint density at radius 1 is 1.55 bits per heavy atom. The molecule has 1 atom stereocenters. The maximum absolute atomic E-state index is 13.1. The summed E-state index contributed by atoms with van der Waals surface area (Å²) in [4.78, 5) is 24.2. The van der Waals surface area contributed by atoms with E-state index in [1.807, 2.05) is 0 Å². The van der Waals surface area contributed by atoms with E-state index in [1.165, 1.54) is 31.2 Å². The summed E-state index contributed by atoms with van der Waals surface area (Å²) in [6.07, 6.45) is 1.48. The molecule has 0 aliphatic carbocycles. The van der Waals surface area contributed by atoms with Crippen LogP contribution in [0.2, 0.25) is 0 Å². The highest BCUT2D eigenvalue weighted by Crippen LogP contribution is 2.33. The molecule has 0 N–H and O–H groups in total. The van der Waals surface area contributed by atoms with E-state index >= 15 is 0 Å². The normalized spacial score (nSPS) is 18.7. The van der Waals surface area contributed by atoms with Gasteiger partial charge in [-0.05, 0) is 30.7 Å². The van der Waals surface area contributed by atoms with Crippen molar-refractivity contribution in [2.75, 3.05) is 0 Å². The summed E-state index contributed by atoms with van der Waals surface area (Å²) >= 11 is 5.98. The Bertz CT molecular complexity index is 630. The lowest BCUT2D eigenvalue weighted by atomic mass is 10.2. The molecule has 1 fully saturated rings. The molecule has 20 heavy (non-hydrogen) atoms. The van der Waals surface area contributed by atoms with Crippen LogP contribution in [-0.2, 0) is 9.59 Å². The first-order valence-corrected chi connectivity index (χ1v) is 6.86. The number of halogens is 1. The number of amides is 1. The second-order valence-electron chi connectivity index (χ2n) is 4.10. The predicted octanol–water partition coefficient (Wildman–Crippen LogP) is 1.17. The van der Waals surface area contributed by atoms with Crippen LogP contribution < -0.4 is 5.11 Å². The zero-order chi connectivity index (χ0) is 14.9. The van der Waals surface area contributed by atoms with Crippen LogP contribution in [0, 0.1) is 5.82 Å². The molecule has 1 amide bonds. The first-order chi connectivity index (χ1) is 9.40. The lowest BCUT2D eigenvalue weighted by Crippen LogP contribution is -2.48. The number of aliphatic carboxylic acids is 1. The van der Waals surface area contributed by atoms with Gasteiger partial charge in [-0.15, -0.1) is 0 Å². The smallest absolute Gasteiger partial charge is 0.266 e. The van der Waals surface area contributed by atoms with Gasteiger partial charge in [0.15, 0.2) is 0 Å². The van der Waals surface area contributed by atoms with Crippen molar-refractivity contribution in [2.45, 2.75) is 13.0 Å². The summed E-state index contributed by atoms with van der Waals surface area (Å²) in [5.41, 5.74) is 0.506. The van der Waals surface area contributed by atoms with Crippen LogP contribution >= 0.6 is 24.0 Å². The SMILES string of the molecule is C[C@H](C(=O)[O-])N1C(=O)C(=Cc2cccc(F)c2)SC1=S. The van der Waals surface area contributed by atoms with E-state index in [-0.39, 0.29) is 9.23 Å². The third-order valence-electron chi connectivity index (χ3n) is 2.70. The van der Waals surface area contributed by atoms with Crippen molar-refractivity contribution in [1.29, 1.82) is 0 Å². The predicted molar refractivity (Wildman–Crippen MR) is 75.9 cm³/mol. The number of thiocarbonyl (C=S) groups is 1. The summed E-state index contributed by atoms with van der Waals surface area (Å²) in [7, 11) is 0. The molecule has 104 valence electrons. The minimum absolute atomic E-state index is 0.148. The Morgan fingerprint density at radius 2 is 2.25 bits per heavy atom. The minimum atomic E-state index is -1.38. The third-order valence-corrected chi connectivity index (χ3v) is 4.03. The zero-order valence-corrected chi connectivity index (χ0v) is 12.0. The van der Waals surface area contributed by atoms with Crippen LogP contribution in [0.5, 0.6) is 0 Å². The van der Waals surface area contributed by atoms with E-state index in [4.69, 9.17) is 12.2 Å². The molecular formula is C13H9FNO3S2-. The summed E-state index contributed by atoms with van der Waals surface area (Å²) in [5, 5.41) is 10.8. The van der Waals surface area contributed by atoms with Gasteiger partial charge in [0, 0.05) is 0 Å². The fraction of sp³-hybridized carbons (Fsp3) is 0.154. The van der Waals surface area contributed by atoms with Crippen LogP contribution in [0.4, 0.5) is 4.39 Å². The van der Waals surface area contributed by atoms with E-state index in [0.717, 1.165) is 16.7 Å². The van der Waals surface area contributed by atoms with Crippen LogP contribution in [0.3, 0.4) is 0 Å². The third kappa shape index (κ3) is 2.88. The number of thioether (sulfide) groups is 1. The van der Waals surface area contributed by atoms with Gasteiger partial charge in [0.25, 0.3) is 5.91 Å². The number of hydrogen-bond acceptors (Lipinski definition) is 5. The molecule has 0 saturated carbocycles. The van der Waals surface area contributed by atoms with Crippen molar-refractivity contribution in [3.05, 3.63) is 40.6 Å². The fourth-order valence-corrected chi connectivity index (χ4v) is 3.09. The standard InChI is InChI=1S/C13H10FNO3S2/c1-7(12(17)18)15-11(16)10(20-13(15)19)6-8-3-2-4-9(14)5-8/h2-7H,1H3,(H,17,18)/p-1/t7-/m1/s1. The van der Waals surface area contributed by atoms with E-state index in [1.54, 1.807) is 6.07 Å². The highest BCUT2D eigenvalue weighted by atomic mass is 32.2. The Balaban J connectivity index is 2.30. The van der Waals surface area contributed by atoms with Gasteiger partial charge in [0.1, 0.15) is 10.1 Å². The van der Waals surface area contributed by atoms with Gasteiger partial charge in [0.2, 0.25) is 0 Å². The van der Waals surface area contributed by atoms with E-state index in [9.17, 15) is 19.1 Å². The van der Waals surface area contributed by atoms with E-state index in [2.05, 4.69) is 0 Å². The topological polar surface area (TPSA) is 60.4 Å². The van der Waals surface area contributed by atoms with Crippen LogP contribution in [-0.4, -0.2) is 27.1 Å². The molecule has 1 saturated heterocycles. The van der Waals surface area contributed by atoms with Gasteiger partial charge in [-0.2, -0.15) is 0 Å². The van der Waals surface area contributed by atoms with E-state index in [0.29, 0.717) is 5.56 Å². The molecule has 1 heterocycles. The van der Waals surface area contributed by atoms with E-state index < -0.39 is 23.7 Å². The van der Waals surface area contributed by atoms with Gasteiger partial charge in [-0.3, -0.25) is 9.69 Å². The molecule has 1 aromatic carbocycles. The molecule has 0 radical (unpaired) electrons. The maximum Gasteiger partial charge on any atom is 0.266 e. The summed E-state index contributed by atoms with van der Waals surface area (Å²) in [5.74, 6) is -2.31. The van der Waals surface area contributed by atoms with Gasteiger partial charge >= 0.3 is 0 Å². The molecule has 0 bridgehead atoms. The number of carboxylic acid groups (broad SMARTS) is 1. The molecule has 0 aromatic heterocycles. The lowest BCUT2D eigenvalue weighted by molar-refractivity contribution is -0.309. The van der Waals surface area contributed by atoms with Crippen LogP contribution in [0.25, 0.3) is 6.08 Å². The molecule has 7 heteroatoms. The first kappa shape index (κ1) is 14.7. The molecule has 2 rings (SSSR count). The summed E-state index contributed by atoms with van der Waals surface area (Å²) in [6.45, 7) is 1.32. The number of carboxylic acids is 1. The molecular weight excluding hydrogens is 301 g/mol. The molecule has 0 unspecified atom stereocenters. The van der Waals surface area contributed by atoms with Crippen LogP contribution in [0.15, 0.2) is 29.2 Å². The van der Waals surface area contributed by atoms with Crippen molar-refractivity contribution in [3.8, 4) is 0 Å². The Hall–Kier alpha value is -1.73. The largest absolute Gasteiger partial charge is 0.548 e. The van der Waals surface area contributed by atoms with Crippen molar-refractivity contribution in [1.82, 2.24) is 4.90 Å². The first-order valence-electron chi connectivity index (χ1n) is 5.63. The number of rotatable bonds is 3. The van der Waals surface area contributed by atoms with Gasteiger partial charge in [-0.1, -0.05) is 36.1 Å². The number of carbonyl (C=O) groups is 2. The number of carbonyl (C=O) groups excluding carboxylic acids is 2. The monoisotopic (exact) mass is 310 g/mol. The number of nitrogens with zero attached hydrogens (tertiary/aromatic N) is 1. The second kappa shape index (κ2) is 5.72.